The van der Waals surface area contributed by atoms with Gasteiger partial charge in [-0.1, -0.05) is 30.3 Å². The van der Waals surface area contributed by atoms with Crippen LogP contribution >= 0.6 is 0 Å². The quantitative estimate of drug-likeness (QED) is 0.914. The van der Waals surface area contributed by atoms with Crippen molar-refractivity contribution in [3.63, 3.8) is 0 Å². The summed E-state index contributed by atoms with van der Waals surface area (Å²) in [5.74, 6) is 0.859. The minimum atomic E-state index is 0.0818. The number of ether oxygens (including phenoxy) is 2. The Hall–Kier alpha value is -1.84. The van der Waals surface area contributed by atoms with Crippen LogP contribution in [0.15, 0.2) is 42.5 Å². The lowest BCUT2D eigenvalue weighted by atomic mass is 10.1. The van der Waals surface area contributed by atoms with Crippen molar-refractivity contribution in [2.45, 2.75) is 32.2 Å². The second kappa shape index (κ2) is 6.29. The van der Waals surface area contributed by atoms with Gasteiger partial charge in [0.1, 0.15) is 5.75 Å². The van der Waals surface area contributed by atoms with Crippen LogP contribution in [-0.2, 0) is 24.4 Å². The average Bonchev–Trinajstić information content (AvgIpc) is 2.95. The Bertz CT molecular complexity index is 604. The molecule has 0 spiro atoms. The van der Waals surface area contributed by atoms with Gasteiger partial charge in [0.05, 0.1) is 26.4 Å². The number of hydrogen-bond acceptors (Lipinski definition) is 3. The summed E-state index contributed by atoms with van der Waals surface area (Å²) < 4.78 is 11.2. The highest BCUT2D eigenvalue weighted by Gasteiger charge is 2.23. The second-order valence-corrected chi connectivity index (χ2v) is 5.38. The number of hydrogen-bond donors (Lipinski definition) is 1. The minimum absolute atomic E-state index is 0.0818. The Kier molecular flexibility index (Phi) is 4.23. The van der Waals surface area contributed by atoms with Crippen LogP contribution in [0.1, 0.15) is 34.8 Å². The molecule has 0 heterocycles. The summed E-state index contributed by atoms with van der Waals surface area (Å²) in [7, 11) is 1.67. The second-order valence-electron chi connectivity index (χ2n) is 5.38. The minimum Gasteiger partial charge on any atom is -0.497 e. The molecule has 0 aliphatic heterocycles. The van der Waals surface area contributed by atoms with Gasteiger partial charge in [0.15, 0.2) is 0 Å². The zero-order valence-electron chi connectivity index (χ0n) is 12.2. The SMILES string of the molecule is COc1ccc(COC2CCc3ccc(CO)cc32)cc1. The molecule has 2 aromatic carbocycles. The van der Waals surface area contributed by atoms with Crippen LogP contribution in [0.3, 0.4) is 0 Å². The summed E-state index contributed by atoms with van der Waals surface area (Å²) in [5.41, 5.74) is 4.67. The van der Waals surface area contributed by atoms with Crippen LogP contribution < -0.4 is 4.74 Å². The van der Waals surface area contributed by atoms with Gasteiger partial charge in [-0.2, -0.15) is 0 Å². The first kappa shape index (κ1) is 14.1. The van der Waals surface area contributed by atoms with E-state index in [0.717, 1.165) is 29.7 Å². The third kappa shape index (κ3) is 3.09. The monoisotopic (exact) mass is 284 g/mol. The fraction of sp³-hybridized carbons (Fsp3) is 0.333. The van der Waals surface area contributed by atoms with Crippen LogP contribution in [0, 0.1) is 0 Å². The van der Waals surface area contributed by atoms with E-state index in [2.05, 4.69) is 12.1 Å². The van der Waals surface area contributed by atoms with Crippen LogP contribution in [0.25, 0.3) is 0 Å². The fourth-order valence-electron chi connectivity index (χ4n) is 2.80. The van der Waals surface area contributed by atoms with Crippen LogP contribution in [0.2, 0.25) is 0 Å². The van der Waals surface area contributed by atoms with Crippen molar-refractivity contribution < 1.29 is 14.6 Å². The molecule has 0 aromatic heterocycles. The molecule has 0 bridgehead atoms. The maximum absolute atomic E-state index is 9.26. The van der Waals surface area contributed by atoms with Crippen LogP contribution in [-0.4, -0.2) is 12.2 Å². The third-order valence-corrected chi connectivity index (χ3v) is 4.03. The summed E-state index contributed by atoms with van der Waals surface area (Å²) in [6, 6.07) is 14.1. The van der Waals surface area contributed by atoms with E-state index in [1.54, 1.807) is 7.11 Å². The molecule has 1 N–H and O–H groups in total. The molecule has 110 valence electrons. The maximum atomic E-state index is 9.26. The van der Waals surface area contributed by atoms with Crippen molar-refractivity contribution in [2.24, 2.45) is 0 Å². The standard InChI is InChI=1S/C18H20O3/c1-20-16-7-3-13(4-8-16)12-21-18-9-6-15-5-2-14(11-19)10-17(15)18/h2-5,7-8,10,18-19H,6,9,11-12H2,1H3. The van der Waals surface area contributed by atoms with Gasteiger partial charge in [0, 0.05) is 0 Å². The highest BCUT2D eigenvalue weighted by atomic mass is 16.5. The normalized spacial score (nSPS) is 16.8. The van der Waals surface area contributed by atoms with Gasteiger partial charge < -0.3 is 14.6 Å². The Morgan fingerprint density at radius 1 is 1.10 bits per heavy atom. The van der Waals surface area contributed by atoms with Crippen molar-refractivity contribution >= 4 is 0 Å². The smallest absolute Gasteiger partial charge is 0.118 e. The van der Waals surface area contributed by atoms with E-state index in [-0.39, 0.29) is 12.7 Å². The van der Waals surface area contributed by atoms with E-state index < -0.39 is 0 Å². The van der Waals surface area contributed by atoms with E-state index in [9.17, 15) is 5.11 Å². The lowest BCUT2D eigenvalue weighted by molar-refractivity contribution is 0.0410. The van der Waals surface area contributed by atoms with E-state index in [0.29, 0.717) is 6.61 Å². The summed E-state index contributed by atoms with van der Waals surface area (Å²) in [4.78, 5) is 0. The highest BCUT2D eigenvalue weighted by molar-refractivity contribution is 5.37. The van der Waals surface area contributed by atoms with E-state index in [1.165, 1.54) is 11.1 Å². The molecule has 0 amide bonds. The third-order valence-electron chi connectivity index (χ3n) is 4.03. The summed E-state index contributed by atoms with van der Waals surface area (Å²) >= 11 is 0. The molecule has 1 unspecified atom stereocenters. The fourth-order valence-corrected chi connectivity index (χ4v) is 2.80. The van der Waals surface area contributed by atoms with E-state index in [1.807, 2.05) is 30.3 Å². The van der Waals surface area contributed by atoms with Gasteiger partial charge in [0.2, 0.25) is 0 Å². The molecule has 0 fully saturated rings. The Balaban J connectivity index is 1.67. The van der Waals surface area contributed by atoms with Gasteiger partial charge in [-0.05, 0) is 47.2 Å². The molecule has 1 atom stereocenters. The molecule has 3 rings (SSSR count). The van der Waals surface area contributed by atoms with Crippen molar-refractivity contribution in [2.75, 3.05) is 7.11 Å². The Labute approximate surface area is 125 Å². The number of fused-ring (bicyclic) bond motifs is 1. The maximum Gasteiger partial charge on any atom is 0.118 e. The molecule has 0 saturated carbocycles. The molecule has 1 aliphatic rings. The molecule has 0 radical (unpaired) electrons. The average molecular weight is 284 g/mol. The zero-order chi connectivity index (χ0) is 14.7. The summed E-state index contributed by atoms with van der Waals surface area (Å²) in [6.07, 6.45) is 2.20. The number of aliphatic hydroxyl groups excluding tert-OH is 1. The topological polar surface area (TPSA) is 38.7 Å². The first-order chi connectivity index (χ1) is 10.3. The molecule has 1 aliphatic carbocycles. The largest absolute Gasteiger partial charge is 0.497 e. The predicted molar refractivity (Wildman–Crippen MR) is 81.2 cm³/mol. The molecular formula is C18H20O3. The lowest BCUT2D eigenvalue weighted by Crippen LogP contribution is -2.01. The molecule has 3 nitrogen and oxygen atoms in total. The molecular weight excluding hydrogens is 264 g/mol. The van der Waals surface area contributed by atoms with Gasteiger partial charge >= 0.3 is 0 Å². The highest BCUT2D eigenvalue weighted by Crippen LogP contribution is 2.35. The van der Waals surface area contributed by atoms with Crippen molar-refractivity contribution in [1.29, 1.82) is 0 Å². The van der Waals surface area contributed by atoms with Gasteiger partial charge in [-0.25, -0.2) is 0 Å². The summed E-state index contributed by atoms with van der Waals surface area (Å²) in [5, 5.41) is 9.26. The van der Waals surface area contributed by atoms with Crippen LogP contribution in [0.5, 0.6) is 5.75 Å². The first-order valence-corrected chi connectivity index (χ1v) is 7.27. The number of methoxy groups -OCH3 is 1. The van der Waals surface area contributed by atoms with Crippen molar-refractivity contribution in [3.8, 4) is 5.75 Å². The van der Waals surface area contributed by atoms with Gasteiger partial charge in [-0.3, -0.25) is 0 Å². The van der Waals surface area contributed by atoms with Gasteiger partial charge in [0.25, 0.3) is 0 Å². The number of aryl methyl sites for hydroxylation is 1. The number of aliphatic hydroxyl groups is 1. The Morgan fingerprint density at radius 3 is 2.57 bits per heavy atom. The molecule has 3 heteroatoms. The first-order valence-electron chi connectivity index (χ1n) is 7.27. The van der Waals surface area contributed by atoms with Crippen LogP contribution in [0.4, 0.5) is 0 Å². The molecule has 21 heavy (non-hydrogen) atoms. The van der Waals surface area contributed by atoms with Crippen molar-refractivity contribution in [1.82, 2.24) is 0 Å². The Morgan fingerprint density at radius 2 is 1.86 bits per heavy atom. The van der Waals surface area contributed by atoms with Crippen molar-refractivity contribution in [3.05, 3.63) is 64.7 Å². The van der Waals surface area contributed by atoms with Gasteiger partial charge in [-0.15, -0.1) is 0 Å². The zero-order valence-corrected chi connectivity index (χ0v) is 12.2. The lowest BCUT2D eigenvalue weighted by Gasteiger charge is -2.14. The predicted octanol–water partition coefficient (Wildman–Crippen LogP) is 3.39. The number of rotatable bonds is 5. The molecule has 0 saturated heterocycles. The number of benzene rings is 2. The summed E-state index contributed by atoms with van der Waals surface area (Å²) in [6.45, 7) is 0.677. The molecule has 2 aromatic rings. The van der Waals surface area contributed by atoms with E-state index >= 15 is 0 Å². The van der Waals surface area contributed by atoms with E-state index in [4.69, 9.17) is 9.47 Å².